The van der Waals surface area contributed by atoms with Crippen LogP contribution in [0.3, 0.4) is 0 Å². The minimum Gasteiger partial charge on any atom is -0.470 e. The van der Waals surface area contributed by atoms with E-state index < -0.39 is 11.9 Å². The average Bonchev–Trinajstić information content (AvgIpc) is 3.29. The summed E-state index contributed by atoms with van der Waals surface area (Å²) in [6, 6.07) is 6.53. The molecule has 0 bridgehead atoms. The van der Waals surface area contributed by atoms with E-state index in [1.54, 1.807) is 31.4 Å². The number of nitrogens with one attached hydrogen (secondary N) is 1. The molecule has 2 aromatic heterocycles. The number of benzene rings is 1. The van der Waals surface area contributed by atoms with Gasteiger partial charge in [0.15, 0.2) is 18.1 Å². The van der Waals surface area contributed by atoms with E-state index in [4.69, 9.17) is 27.9 Å². The number of methoxy groups -OCH3 is 1. The van der Waals surface area contributed by atoms with Crippen molar-refractivity contribution in [1.29, 1.82) is 0 Å². The Morgan fingerprint density at radius 2 is 2.00 bits per heavy atom. The Morgan fingerprint density at radius 3 is 2.75 bits per heavy atom. The molecule has 0 radical (unpaired) electrons. The third kappa shape index (κ3) is 4.26. The molecular formula is C17H15Cl2N5O4. The number of hydrogen-bond donors (Lipinski definition) is 1. The third-order valence-electron chi connectivity index (χ3n) is 3.60. The molecule has 3 rings (SSSR count). The topological polar surface area (TPSA) is 100 Å². The molecule has 0 saturated heterocycles. The molecule has 0 spiro atoms. The Balaban J connectivity index is 1.68. The van der Waals surface area contributed by atoms with Gasteiger partial charge in [-0.05, 0) is 18.2 Å². The van der Waals surface area contributed by atoms with Crippen LogP contribution in [0.2, 0.25) is 10.0 Å². The molecule has 1 N–H and O–H groups in total. The second kappa shape index (κ2) is 8.32. The number of aryl methyl sites for hydroxylation is 1. The van der Waals surface area contributed by atoms with E-state index in [9.17, 15) is 9.59 Å². The smallest absolute Gasteiger partial charge is 0.360 e. The minimum atomic E-state index is -0.659. The Kier molecular flexibility index (Phi) is 5.86. The summed E-state index contributed by atoms with van der Waals surface area (Å²) >= 11 is 12.0. The molecule has 11 heteroatoms. The van der Waals surface area contributed by atoms with E-state index in [0.29, 0.717) is 15.8 Å². The van der Waals surface area contributed by atoms with E-state index in [0.717, 1.165) is 0 Å². The lowest BCUT2D eigenvalue weighted by atomic mass is 10.3. The van der Waals surface area contributed by atoms with Crippen molar-refractivity contribution in [2.24, 2.45) is 7.05 Å². The van der Waals surface area contributed by atoms with Gasteiger partial charge in [0.1, 0.15) is 10.8 Å². The maximum Gasteiger partial charge on any atom is 0.360 e. The van der Waals surface area contributed by atoms with Crippen LogP contribution in [0, 0.1) is 0 Å². The molecule has 0 aliphatic rings. The summed E-state index contributed by atoms with van der Waals surface area (Å²) < 4.78 is 13.0. The number of ether oxygens (including phenoxy) is 2. The van der Waals surface area contributed by atoms with Crippen LogP contribution in [0.5, 0.6) is 5.75 Å². The lowest BCUT2D eigenvalue weighted by Crippen LogP contribution is -2.16. The highest BCUT2D eigenvalue weighted by molar-refractivity contribution is 6.42. The Hall–Kier alpha value is -3.04. The maximum atomic E-state index is 12.4. The quantitative estimate of drug-likeness (QED) is 0.611. The van der Waals surface area contributed by atoms with Gasteiger partial charge in [-0.25, -0.2) is 9.48 Å². The highest BCUT2D eigenvalue weighted by Crippen LogP contribution is 2.31. The molecule has 0 atom stereocenters. The Morgan fingerprint density at radius 1 is 1.21 bits per heavy atom. The van der Waals surface area contributed by atoms with E-state index >= 15 is 0 Å². The molecule has 28 heavy (non-hydrogen) atoms. The lowest BCUT2D eigenvalue weighted by molar-refractivity contribution is 0.0594. The van der Waals surface area contributed by atoms with Gasteiger partial charge in [0.25, 0.3) is 5.91 Å². The first-order chi connectivity index (χ1) is 13.4. The van der Waals surface area contributed by atoms with Gasteiger partial charge in [-0.2, -0.15) is 10.2 Å². The van der Waals surface area contributed by atoms with Gasteiger partial charge < -0.3 is 14.8 Å². The molecular weight excluding hydrogens is 409 g/mol. The molecule has 9 nitrogen and oxygen atoms in total. The fourth-order valence-electron chi connectivity index (χ4n) is 2.30. The Bertz CT molecular complexity index is 1030. The Labute approximate surface area is 169 Å². The van der Waals surface area contributed by atoms with Crippen molar-refractivity contribution < 1.29 is 19.1 Å². The van der Waals surface area contributed by atoms with E-state index in [2.05, 4.69) is 20.3 Å². The first-order valence-corrected chi connectivity index (χ1v) is 8.68. The lowest BCUT2D eigenvalue weighted by Gasteiger charge is -2.08. The monoisotopic (exact) mass is 423 g/mol. The average molecular weight is 424 g/mol. The van der Waals surface area contributed by atoms with Crippen LogP contribution in [-0.2, 0) is 18.5 Å². The zero-order valence-corrected chi connectivity index (χ0v) is 16.4. The predicted molar refractivity (Wildman–Crippen MR) is 102 cm³/mol. The van der Waals surface area contributed by atoms with Gasteiger partial charge in [-0.3, -0.25) is 9.48 Å². The van der Waals surface area contributed by atoms with Crippen molar-refractivity contribution in [3.8, 4) is 5.75 Å². The fourth-order valence-corrected chi connectivity index (χ4v) is 2.65. The van der Waals surface area contributed by atoms with Gasteiger partial charge >= 0.3 is 5.97 Å². The molecule has 0 aliphatic carbocycles. The molecule has 0 unspecified atom stereocenters. The second-order valence-corrected chi connectivity index (χ2v) is 6.36. The molecule has 1 amide bonds. The number of halogens is 2. The fraction of sp³-hybridized carbons (Fsp3) is 0.176. The van der Waals surface area contributed by atoms with Crippen LogP contribution in [0.4, 0.5) is 5.69 Å². The molecule has 2 heterocycles. The molecule has 0 fully saturated rings. The number of anilines is 1. The van der Waals surface area contributed by atoms with Gasteiger partial charge in [0.2, 0.25) is 0 Å². The van der Waals surface area contributed by atoms with E-state index in [-0.39, 0.29) is 23.8 Å². The summed E-state index contributed by atoms with van der Waals surface area (Å²) in [5, 5.41) is 11.4. The van der Waals surface area contributed by atoms with Gasteiger partial charge in [-0.15, -0.1) is 0 Å². The minimum absolute atomic E-state index is 0.00304. The van der Waals surface area contributed by atoms with Crippen molar-refractivity contribution in [3.63, 3.8) is 0 Å². The summed E-state index contributed by atoms with van der Waals surface area (Å²) in [4.78, 5) is 24.2. The number of hydrogen-bond acceptors (Lipinski definition) is 6. The number of rotatable bonds is 6. The normalized spacial score (nSPS) is 10.6. The SMILES string of the molecule is COC(=O)c1nn(C)cc1NC(=O)c1ccn(COc2cccc(Cl)c2Cl)n1. The predicted octanol–water partition coefficient (Wildman–Crippen LogP) is 3.00. The number of esters is 1. The van der Waals surface area contributed by atoms with Crippen molar-refractivity contribution in [2.45, 2.75) is 6.73 Å². The van der Waals surface area contributed by atoms with Gasteiger partial charge in [0, 0.05) is 19.4 Å². The van der Waals surface area contributed by atoms with Crippen molar-refractivity contribution >= 4 is 40.8 Å². The van der Waals surface area contributed by atoms with Crippen LogP contribution in [0.25, 0.3) is 0 Å². The van der Waals surface area contributed by atoms with E-state index in [1.807, 2.05) is 0 Å². The van der Waals surface area contributed by atoms with Crippen molar-refractivity contribution in [2.75, 3.05) is 12.4 Å². The standard InChI is InChI=1S/C17H15Cl2N5O4/c1-23-8-12(15(22-23)17(26)27-2)20-16(25)11-6-7-24(21-11)9-28-13-5-3-4-10(18)14(13)19/h3-8H,9H2,1-2H3,(H,20,25). The summed E-state index contributed by atoms with van der Waals surface area (Å²) in [6.45, 7) is 0.0215. The van der Waals surface area contributed by atoms with Crippen LogP contribution in [0.15, 0.2) is 36.7 Å². The summed E-state index contributed by atoms with van der Waals surface area (Å²) in [6.07, 6.45) is 3.06. The zero-order chi connectivity index (χ0) is 20.3. The number of carbonyl (C=O) groups excluding carboxylic acids is 2. The number of carbonyl (C=O) groups is 2. The molecule has 0 saturated carbocycles. The zero-order valence-electron chi connectivity index (χ0n) is 14.8. The largest absolute Gasteiger partial charge is 0.470 e. The third-order valence-corrected chi connectivity index (χ3v) is 4.40. The van der Waals surface area contributed by atoms with Gasteiger partial charge in [0.05, 0.1) is 17.8 Å². The maximum absolute atomic E-state index is 12.4. The number of aromatic nitrogens is 4. The molecule has 146 valence electrons. The van der Waals surface area contributed by atoms with Crippen molar-refractivity contribution in [3.05, 3.63) is 58.1 Å². The highest BCUT2D eigenvalue weighted by atomic mass is 35.5. The summed E-state index contributed by atoms with van der Waals surface area (Å²) in [5.41, 5.74) is 0.341. The molecule has 1 aromatic carbocycles. The molecule has 0 aliphatic heterocycles. The highest BCUT2D eigenvalue weighted by Gasteiger charge is 2.20. The van der Waals surface area contributed by atoms with Crippen LogP contribution >= 0.6 is 23.2 Å². The summed E-state index contributed by atoms with van der Waals surface area (Å²) in [5.74, 6) is -0.778. The second-order valence-electron chi connectivity index (χ2n) is 5.58. The van der Waals surface area contributed by atoms with Crippen LogP contribution in [0.1, 0.15) is 21.0 Å². The number of nitrogens with zero attached hydrogens (tertiary/aromatic N) is 4. The van der Waals surface area contributed by atoms with E-state index in [1.165, 1.54) is 28.7 Å². The first-order valence-electron chi connectivity index (χ1n) is 7.92. The molecule has 3 aromatic rings. The number of amides is 1. The summed E-state index contributed by atoms with van der Waals surface area (Å²) in [7, 11) is 2.85. The first kappa shape index (κ1) is 19.7. The van der Waals surface area contributed by atoms with Crippen LogP contribution < -0.4 is 10.1 Å². The van der Waals surface area contributed by atoms with Gasteiger partial charge in [-0.1, -0.05) is 29.3 Å². The van der Waals surface area contributed by atoms with Crippen LogP contribution in [-0.4, -0.2) is 38.5 Å². The van der Waals surface area contributed by atoms with Crippen molar-refractivity contribution in [1.82, 2.24) is 19.6 Å².